The molecule has 1 atom stereocenters. The number of benzene rings is 2. The lowest BCUT2D eigenvalue weighted by Crippen LogP contribution is -2.30. The predicted octanol–water partition coefficient (Wildman–Crippen LogP) is 4.74. The highest BCUT2D eigenvalue weighted by Gasteiger charge is 2.17. The maximum Gasteiger partial charge on any atom is 0.265 e. The van der Waals surface area contributed by atoms with Crippen molar-refractivity contribution in [3.8, 4) is 5.75 Å². The van der Waals surface area contributed by atoms with Crippen molar-refractivity contribution < 1.29 is 14.3 Å². The first-order valence-electron chi connectivity index (χ1n) is 9.17. The Labute approximate surface area is 161 Å². The fourth-order valence-corrected chi connectivity index (χ4v) is 2.46. The molecular formula is C22H28N2O3. The van der Waals surface area contributed by atoms with Crippen LogP contribution in [0.2, 0.25) is 0 Å². The zero-order chi connectivity index (χ0) is 20.0. The van der Waals surface area contributed by atoms with Gasteiger partial charge in [-0.05, 0) is 48.2 Å². The van der Waals surface area contributed by atoms with Gasteiger partial charge in [-0.2, -0.15) is 0 Å². The maximum absolute atomic E-state index is 12.4. The van der Waals surface area contributed by atoms with Crippen molar-refractivity contribution in [2.75, 3.05) is 10.6 Å². The molecule has 0 heterocycles. The van der Waals surface area contributed by atoms with Crippen molar-refractivity contribution in [1.29, 1.82) is 0 Å². The van der Waals surface area contributed by atoms with Gasteiger partial charge in [-0.15, -0.1) is 0 Å². The van der Waals surface area contributed by atoms with E-state index in [1.165, 1.54) is 5.56 Å². The third-order valence-corrected chi connectivity index (χ3v) is 4.14. The van der Waals surface area contributed by atoms with Gasteiger partial charge in [0.2, 0.25) is 5.91 Å². The summed E-state index contributed by atoms with van der Waals surface area (Å²) >= 11 is 0. The number of carbonyl (C=O) groups excluding carboxylic acids is 2. The molecule has 144 valence electrons. The number of rotatable bonds is 6. The molecule has 0 radical (unpaired) electrons. The normalized spacial score (nSPS) is 12.2. The summed E-state index contributed by atoms with van der Waals surface area (Å²) in [5, 5.41) is 5.58. The number of nitrogens with one attached hydrogen (secondary N) is 2. The smallest absolute Gasteiger partial charge is 0.265 e. The van der Waals surface area contributed by atoms with Crippen molar-refractivity contribution >= 4 is 23.2 Å². The minimum absolute atomic E-state index is 0.0692. The van der Waals surface area contributed by atoms with E-state index in [0.29, 0.717) is 23.5 Å². The number of carbonyl (C=O) groups is 2. The molecule has 0 fully saturated rings. The van der Waals surface area contributed by atoms with Crippen LogP contribution in [0.4, 0.5) is 11.4 Å². The van der Waals surface area contributed by atoms with Gasteiger partial charge in [0.25, 0.3) is 5.91 Å². The van der Waals surface area contributed by atoms with E-state index in [1.807, 2.05) is 24.3 Å². The van der Waals surface area contributed by atoms with Gasteiger partial charge in [-0.1, -0.05) is 45.9 Å². The SMILES string of the molecule is CCC(=O)Nc1cccc(NC(=O)C(C)Oc2ccc(C(C)(C)C)cc2)c1. The Morgan fingerprint density at radius 3 is 2.15 bits per heavy atom. The Morgan fingerprint density at radius 2 is 1.59 bits per heavy atom. The number of hydrogen-bond acceptors (Lipinski definition) is 3. The highest BCUT2D eigenvalue weighted by atomic mass is 16.5. The molecule has 2 aromatic rings. The summed E-state index contributed by atoms with van der Waals surface area (Å²) < 4.78 is 5.75. The first-order chi connectivity index (χ1) is 12.7. The quantitative estimate of drug-likeness (QED) is 0.774. The minimum atomic E-state index is -0.653. The van der Waals surface area contributed by atoms with Gasteiger partial charge in [0.1, 0.15) is 5.75 Å². The molecule has 2 amide bonds. The lowest BCUT2D eigenvalue weighted by molar-refractivity contribution is -0.122. The zero-order valence-electron chi connectivity index (χ0n) is 16.6. The minimum Gasteiger partial charge on any atom is -0.481 e. The number of amides is 2. The Balaban J connectivity index is 1.97. The molecular weight excluding hydrogens is 340 g/mol. The summed E-state index contributed by atoms with van der Waals surface area (Å²) in [6, 6.07) is 14.8. The number of hydrogen-bond donors (Lipinski definition) is 2. The zero-order valence-corrected chi connectivity index (χ0v) is 16.6. The second-order valence-electron chi connectivity index (χ2n) is 7.51. The molecule has 27 heavy (non-hydrogen) atoms. The van der Waals surface area contributed by atoms with Gasteiger partial charge in [-0.25, -0.2) is 0 Å². The highest BCUT2D eigenvalue weighted by molar-refractivity contribution is 5.96. The monoisotopic (exact) mass is 368 g/mol. The van der Waals surface area contributed by atoms with Crippen LogP contribution >= 0.6 is 0 Å². The largest absolute Gasteiger partial charge is 0.481 e. The van der Waals surface area contributed by atoms with E-state index < -0.39 is 6.10 Å². The Kier molecular flexibility index (Phi) is 6.61. The molecule has 0 saturated heterocycles. The van der Waals surface area contributed by atoms with E-state index in [9.17, 15) is 9.59 Å². The third-order valence-electron chi connectivity index (χ3n) is 4.14. The van der Waals surface area contributed by atoms with Crippen LogP contribution in [0.3, 0.4) is 0 Å². The van der Waals surface area contributed by atoms with Crippen LogP contribution in [0.1, 0.15) is 46.6 Å². The van der Waals surface area contributed by atoms with E-state index in [0.717, 1.165) is 0 Å². The van der Waals surface area contributed by atoms with Gasteiger partial charge in [0, 0.05) is 17.8 Å². The fourth-order valence-electron chi connectivity index (χ4n) is 2.46. The van der Waals surface area contributed by atoms with Gasteiger partial charge in [0.15, 0.2) is 6.10 Å². The standard InChI is InChI=1S/C22H28N2O3/c1-6-20(25)23-17-8-7-9-18(14-17)24-21(26)15(2)27-19-12-10-16(11-13-19)22(3,4)5/h7-15H,6H2,1-5H3,(H,23,25)(H,24,26). The summed E-state index contributed by atoms with van der Waals surface area (Å²) in [7, 11) is 0. The first kappa shape index (κ1) is 20.5. The van der Waals surface area contributed by atoms with E-state index >= 15 is 0 Å². The van der Waals surface area contributed by atoms with Crippen LogP contribution in [-0.2, 0) is 15.0 Å². The Morgan fingerprint density at radius 1 is 1.00 bits per heavy atom. The molecule has 0 spiro atoms. The van der Waals surface area contributed by atoms with Crippen LogP contribution in [0, 0.1) is 0 Å². The summed E-state index contributed by atoms with van der Waals surface area (Å²) in [4.78, 5) is 23.9. The molecule has 2 N–H and O–H groups in total. The average Bonchev–Trinajstić information content (AvgIpc) is 2.61. The molecule has 0 bridgehead atoms. The summed E-state index contributed by atoms with van der Waals surface area (Å²) in [6.45, 7) is 9.94. The maximum atomic E-state index is 12.4. The molecule has 2 aromatic carbocycles. The van der Waals surface area contributed by atoms with E-state index in [2.05, 4.69) is 31.4 Å². The number of anilines is 2. The van der Waals surface area contributed by atoms with E-state index in [1.54, 1.807) is 38.1 Å². The molecule has 0 aliphatic carbocycles. The molecule has 1 unspecified atom stereocenters. The van der Waals surface area contributed by atoms with Crippen LogP contribution in [0.15, 0.2) is 48.5 Å². The topological polar surface area (TPSA) is 67.4 Å². The second-order valence-corrected chi connectivity index (χ2v) is 7.51. The van der Waals surface area contributed by atoms with Crippen molar-refractivity contribution in [3.05, 3.63) is 54.1 Å². The second kappa shape index (κ2) is 8.71. The van der Waals surface area contributed by atoms with Crippen molar-refractivity contribution in [1.82, 2.24) is 0 Å². The van der Waals surface area contributed by atoms with Crippen LogP contribution in [0.25, 0.3) is 0 Å². The van der Waals surface area contributed by atoms with Crippen molar-refractivity contribution in [2.45, 2.75) is 52.6 Å². The lowest BCUT2D eigenvalue weighted by atomic mass is 9.87. The van der Waals surface area contributed by atoms with Crippen molar-refractivity contribution in [2.24, 2.45) is 0 Å². The van der Waals surface area contributed by atoms with E-state index in [-0.39, 0.29) is 17.2 Å². The Hall–Kier alpha value is -2.82. The van der Waals surface area contributed by atoms with Crippen molar-refractivity contribution in [3.63, 3.8) is 0 Å². The molecule has 5 nitrogen and oxygen atoms in total. The van der Waals surface area contributed by atoms with Crippen LogP contribution < -0.4 is 15.4 Å². The van der Waals surface area contributed by atoms with E-state index in [4.69, 9.17) is 4.74 Å². The predicted molar refractivity (Wildman–Crippen MR) is 109 cm³/mol. The molecule has 5 heteroatoms. The fraction of sp³-hybridized carbons (Fsp3) is 0.364. The average molecular weight is 368 g/mol. The van der Waals surface area contributed by atoms with Crippen LogP contribution in [-0.4, -0.2) is 17.9 Å². The van der Waals surface area contributed by atoms with Gasteiger partial charge in [-0.3, -0.25) is 9.59 Å². The summed E-state index contributed by atoms with van der Waals surface area (Å²) in [5.41, 5.74) is 2.52. The third kappa shape index (κ3) is 6.13. The molecule has 0 aliphatic rings. The number of ether oxygens (including phenoxy) is 1. The molecule has 0 aliphatic heterocycles. The summed E-state index contributed by atoms with van der Waals surface area (Å²) in [5.74, 6) is 0.317. The molecule has 0 saturated carbocycles. The van der Waals surface area contributed by atoms with Crippen LogP contribution in [0.5, 0.6) is 5.75 Å². The van der Waals surface area contributed by atoms with Gasteiger partial charge < -0.3 is 15.4 Å². The molecule has 2 rings (SSSR count). The van der Waals surface area contributed by atoms with Gasteiger partial charge in [0.05, 0.1) is 0 Å². The highest BCUT2D eigenvalue weighted by Crippen LogP contribution is 2.25. The Bertz CT molecular complexity index is 792. The van der Waals surface area contributed by atoms with Gasteiger partial charge >= 0.3 is 0 Å². The lowest BCUT2D eigenvalue weighted by Gasteiger charge is -2.20. The summed E-state index contributed by atoms with van der Waals surface area (Å²) in [6.07, 6.45) is -0.255. The first-order valence-corrected chi connectivity index (χ1v) is 9.17. The molecule has 0 aromatic heterocycles.